The minimum atomic E-state index is 0.0222. The number of aromatic nitrogens is 1. The Morgan fingerprint density at radius 2 is 2.09 bits per heavy atom. The molecule has 5 heteroatoms. The van der Waals surface area contributed by atoms with Crippen molar-refractivity contribution in [1.82, 2.24) is 15.6 Å². The molecule has 1 aromatic heterocycles. The molecule has 2 N–H and O–H groups in total. The van der Waals surface area contributed by atoms with Crippen LogP contribution in [0.5, 0.6) is 0 Å². The lowest BCUT2D eigenvalue weighted by atomic mass is 9.69. The van der Waals surface area contributed by atoms with Gasteiger partial charge in [0, 0.05) is 25.0 Å². The Morgan fingerprint density at radius 3 is 2.77 bits per heavy atom. The van der Waals surface area contributed by atoms with Crippen molar-refractivity contribution in [3.05, 3.63) is 16.1 Å². The van der Waals surface area contributed by atoms with Crippen LogP contribution in [0.15, 0.2) is 5.38 Å². The van der Waals surface area contributed by atoms with Crippen molar-refractivity contribution in [3.63, 3.8) is 0 Å². The van der Waals surface area contributed by atoms with Crippen LogP contribution in [0.2, 0.25) is 0 Å². The molecule has 0 radical (unpaired) electrons. The van der Waals surface area contributed by atoms with E-state index in [0.29, 0.717) is 17.9 Å². The highest BCUT2D eigenvalue weighted by Crippen LogP contribution is 2.38. The third-order valence-electron chi connectivity index (χ3n) is 4.61. The number of nitrogens with zero attached hydrogens (tertiary/aromatic N) is 1. The molecule has 4 nitrogen and oxygen atoms in total. The minimum Gasteiger partial charge on any atom is -0.359 e. The van der Waals surface area contributed by atoms with Crippen LogP contribution in [0.25, 0.3) is 0 Å². The van der Waals surface area contributed by atoms with Crippen LogP contribution in [0, 0.1) is 11.3 Å². The van der Waals surface area contributed by atoms with Crippen LogP contribution in [0.3, 0.4) is 0 Å². The lowest BCUT2D eigenvalue weighted by Gasteiger charge is -2.41. The van der Waals surface area contributed by atoms with Gasteiger partial charge in [-0.2, -0.15) is 0 Å². The molecule has 1 heterocycles. The summed E-state index contributed by atoms with van der Waals surface area (Å²) in [5.41, 5.74) is 1.41. The molecule has 1 aromatic rings. The van der Waals surface area contributed by atoms with Gasteiger partial charge in [0.15, 0.2) is 0 Å². The zero-order valence-electron chi connectivity index (χ0n) is 14.2. The van der Waals surface area contributed by atoms with Crippen molar-refractivity contribution in [1.29, 1.82) is 0 Å². The van der Waals surface area contributed by atoms with Crippen molar-refractivity contribution in [2.75, 3.05) is 7.05 Å². The van der Waals surface area contributed by atoms with Crippen molar-refractivity contribution >= 4 is 17.2 Å². The summed E-state index contributed by atoms with van der Waals surface area (Å²) < 4.78 is 0. The van der Waals surface area contributed by atoms with Gasteiger partial charge in [-0.05, 0) is 24.2 Å². The normalized spacial score (nSPS) is 22.5. The fourth-order valence-electron chi connectivity index (χ4n) is 3.38. The fraction of sp³-hybridized carbons (Fsp3) is 0.765. The molecule has 0 spiro atoms. The highest BCUT2D eigenvalue weighted by atomic mass is 32.1. The molecule has 22 heavy (non-hydrogen) atoms. The zero-order chi connectivity index (χ0) is 16.2. The Labute approximate surface area is 138 Å². The number of carbonyl (C=O) groups excluding carboxylic acids is 1. The molecule has 1 amide bonds. The van der Waals surface area contributed by atoms with E-state index < -0.39 is 0 Å². The van der Waals surface area contributed by atoms with Crippen molar-refractivity contribution in [2.45, 2.75) is 65.5 Å². The number of thiazole rings is 1. The van der Waals surface area contributed by atoms with Crippen molar-refractivity contribution < 1.29 is 4.79 Å². The first-order valence-corrected chi connectivity index (χ1v) is 9.15. The largest absolute Gasteiger partial charge is 0.359 e. The molecule has 124 valence electrons. The monoisotopic (exact) mass is 323 g/mol. The Bertz CT molecular complexity index is 492. The quantitative estimate of drug-likeness (QED) is 0.875. The van der Waals surface area contributed by atoms with Gasteiger partial charge in [0.2, 0.25) is 5.91 Å². The summed E-state index contributed by atoms with van der Waals surface area (Å²) >= 11 is 1.57. The summed E-state index contributed by atoms with van der Waals surface area (Å²) in [6.45, 7) is 7.85. The van der Waals surface area contributed by atoms with Crippen LogP contribution in [0.1, 0.15) is 57.2 Å². The molecular formula is C17H29N3OS. The number of rotatable bonds is 5. The summed E-state index contributed by atoms with van der Waals surface area (Å²) in [7, 11) is 1.66. The predicted molar refractivity (Wildman–Crippen MR) is 91.9 cm³/mol. The van der Waals surface area contributed by atoms with Gasteiger partial charge in [0.1, 0.15) is 5.01 Å². The highest BCUT2D eigenvalue weighted by molar-refractivity contribution is 7.09. The number of hydrogen-bond donors (Lipinski definition) is 2. The SMILES string of the molecule is CNC(=O)Cc1nc(CN[C@@H]2CCCC[C@@H]2C(C)(C)C)cs1. The number of nitrogens with one attached hydrogen (secondary N) is 2. The minimum absolute atomic E-state index is 0.0222. The topological polar surface area (TPSA) is 54.0 Å². The summed E-state index contributed by atoms with van der Waals surface area (Å²) in [4.78, 5) is 16.0. The number of carbonyl (C=O) groups is 1. The van der Waals surface area contributed by atoms with E-state index in [2.05, 4.69) is 41.8 Å². The first-order chi connectivity index (χ1) is 10.4. The average Bonchev–Trinajstić information content (AvgIpc) is 2.92. The van der Waals surface area contributed by atoms with Crippen LogP contribution in [-0.2, 0) is 17.8 Å². The van der Waals surface area contributed by atoms with Gasteiger partial charge in [-0.15, -0.1) is 11.3 Å². The average molecular weight is 324 g/mol. The second kappa shape index (κ2) is 7.55. The Kier molecular flexibility index (Phi) is 5.98. The molecule has 1 aliphatic rings. The van der Waals surface area contributed by atoms with Gasteiger partial charge in [0.05, 0.1) is 12.1 Å². The number of hydrogen-bond acceptors (Lipinski definition) is 4. The standard InChI is InChI=1S/C17H29N3OS/c1-17(2,3)13-7-5-6-8-14(13)19-10-12-11-22-16(20-12)9-15(21)18-4/h11,13-14,19H,5-10H2,1-4H3,(H,18,21)/t13-,14+/m0/s1. The molecule has 1 fully saturated rings. The van der Waals surface area contributed by atoms with Crippen molar-refractivity contribution in [3.8, 4) is 0 Å². The smallest absolute Gasteiger partial charge is 0.226 e. The molecule has 2 rings (SSSR count). The molecule has 0 bridgehead atoms. The van der Waals surface area contributed by atoms with Gasteiger partial charge < -0.3 is 10.6 Å². The summed E-state index contributed by atoms with van der Waals surface area (Å²) in [6, 6.07) is 0.581. The van der Waals surface area contributed by atoms with E-state index in [1.165, 1.54) is 25.7 Å². The van der Waals surface area contributed by atoms with Crippen LogP contribution in [-0.4, -0.2) is 24.0 Å². The van der Waals surface area contributed by atoms with E-state index in [9.17, 15) is 4.79 Å². The van der Waals surface area contributed by atoms with Gasteiger partial charge in [-0.1, -0.05) is 33.6 Å². The van der Waals surface area contributed by atoms with Gasteiger partial charge in [0.25, 0.3) is 0 Å². The fourth-order valence-corrected chi connectivity index (χ4v) is 4.18. The summed E-state index contributed by atoms with van der Waals surface area (Å²) in [6.07, 6.45) is 5.64. The first-order valence-electron chi connectivity index (χ1n) is 8.27. The Morgan fingerprint density at radius 1 is 1.36 bits per heavy atom. The van der Waals surface area contributed by atoms with E-state index in [1.54, 1.807) is 18.4 Å². The van der Waals surface area contributed by atoms with Crippen LogP contribution in [0.4, 0.5) is 0 Å². The maximum Gasteiger partial charge on any atom is 0.226 e. The number of amides is 1. The summed E-state index contributed by atoms with van der Waals surface area (Å²) in [5, 5.41) is 9.32. The molecule has 0 aromatic carbocycles. The van der Waals surface area contributed by atoms with Crippen LogP contribution < -0.4 is 10.6 Å². The summed E-state index contributed by atoms with van der Waals surface area (Å²) in [5.74, 6) is 0.749. The van der Waals surface area contributed by atoms with E-state index in [4.69, 9.17) is 0 Å². The molecule has 0 saturated heterocycles. The molecule has 2 atom stereocenters. The molecule has 1 saturated carbocycles. The van der Waals surface area contributed by atoms with Gasteiger partial charge in [-0.3, -0.25) is 4.79 Å². The lowest BCUT2D eigenvalue weighted by Crippen LogP contribution is -2.43. The molecule has 0 unspecified atom stereocenters. The van der Waals surface area contributed by atoms with E-state index >= 15 is 0 Å². The Balaban J connectivity index is 1.90. The van der Waals surface area contributed by atoms with E-state index in [1.807, 2.05) is 0 Å². The molecule has 1 aliphatic carbocycles. The second-order valence-corrected chi connectivity index (χ2v) is 8.27. The first kappa shape index (κ1) is 17.4. The molecule has 0 aliphatic heterocycles. The lowest BCUT2D eigenvalue weighted by molar-refractivity contribution is -0.119. The number of likely N-dealkylation sites (N-methyl/N-ethyl adjacent to an activating group) is 1. The maximum absolute atomic E-state index is 11.4. The Hall–Kier alpha value is -0.940. The van der Waals surface area contributed by atoms with E-state index in [-0.39, 0.29) is 5.91 Å². The predicted octanol–water partition coefficient (Wildman–Crippen LogP) is 3.13. The maximum atomic E-state index is 11.4. The zero-order valence-corrected chi connectivity index (χ0v) is 15.1. The highest BCUT2D eigenvalue weighted by Gasteiger charge is 2.33. The third kappa shape index (κ3) is 4.78. The molecular weight excluding hydrogens is 294 g/mol. The van der Waals surface area contributed by atoms with Gasteiger partial charge >= 0.3 is 0 Å². The van der Waals surface area contributed by atoms with E-state index in [0.717, 1.165) is 23.2 Å². The third-order valence-corrected chi connectivity index (χ3v) is 5.51. The second-order valence-electron chi connectivity index (χ2n) is 7.33. The van der Waals surface area contributed by atoms with Crippen molar-refractivity contribution in [2.24, 2.45) is 11.3 Å². The van der Waals surface area contributed by atoms with Gasteiger partial charge in [-0.25, -0.2) is 4.98 Å². The van der Waals surface area contributed by atoms with Crippen LogP contribution >= 0.6 is 11.3 Å².